The van der Waals surface area contributed by atoms with Gasteiger partial charge in [-0.2, -0.15) is 0 Å². The number of benzene rings is 1. The smallest absolute Gasteiger partial charge is 0.0431 e. The fraction of sp³-hybridized carbons (Fsp3) is 0.571. The van der Waals surface area contributed by atoms with Crippen molar-refractivity contribution in [2.75, 3.05) is 13.2 Å². The molecule has 0 heterocycles. The van der Waals surface area contributed by atoms with E-state index in [0.29, 0.717) is 12.6 Å². The minimum absolute atomic E-state index is 0.302. The molecule has 0 radical (unpaired) electrons. The predicted molar refractivity (Wildman–Crippen MR) is 68.5 cm³/mol. The van der Waals surface area contributed by atoms with E-state index in [1.54, 1.807) is 0 Å². The van der Waals surface area contributed by atoms with Crippen molar-refractivity contribution in [2.45, 2.75) is 38.6 Å². The molecule has 1 atom stereocenters. The Morgan fingerprint density at radius 1 is 1.19 bits per heavy atom. The Morgan fingerprint density at radius 3 is 2.62 bits per heavy atom. The lowest BCUT2D eigenvalue weighted by Gasteiger charge is -2.12. The third-order valence-corrected chi connectivity index (χ3v) is 2.77. The quantitative estimate of drug-likeness (QED) is 0.661. The van der Waals surface area contributed by atoms with Crippen molar-refractivity contribution in [1.29, 1.82) is 0 Å². The summed E-state index contributed by atoms with van der Waals surface area (Å²) in [6.07, 6.45) is 4.27. The van der Waals surface area contributed by atoms with Gasteiger partial charge in [0.15, 0.2) is 0 Å². The van der Waals surface area contributed by atoms with Gasteiger partial charge in [0.25, 0.3) is 0 Å². The minimum atomic E-state index is 0.302. The van der Waals surface area contributed by atoms with E-state index in [1.807, 2.05) is 0 Å². The van der Waals surface area contributed by atoms with Crippen LogP contribution >= 0.6 is 0 Å². The maximum Gasteiger partial charge on any atom is 0.0431 e. The van der Waals surface area contributed by atoms with Crippen LogP contribution in [0.25, 0.3) is 0 Å². The highest BCUT2D eigenvalue weighted by atomic mass is 16.2. The van der Waals surface area contributed by atoms with Crippen molar-refractivity contribution in [3.8, 4) is 0 Å². The first-order valence-corrected chi connectivity index (χ1v) is 6.21. The normalized spacial score (nSPS) is 12.6. The van der Waals surface area contributed by atoms with Crippen LogP contribution in [0.4, 0.5) is 0 Å². The second-order valence-corrected chi connectivity index (χ2v) is 4.31. The molecule has 16 heavy (non-hydrogen) atoms. The SMILES string of the molecule is CC(CCCO)NCCCc1ccccc1. The molecule has 0 saturated heterocycles. The number of aryl methyl sites for hydroxylation is 1. The van der Waals surface area contributed by atoms with Gasteiger partial charge >= 0.3 is 0 Å². The maximum absolute atomic E-state index is 8.71. The molecule has 2 nitrogen and oxygen atoms in total. The number of hydrogen-bond acceptors (Lipinski definition) is 2. The number of nitrogens with one attached hydrogen (secondary N) is 1. The molecule has 2 N–H and O–H groups in total. The van der Waals surface area contributed by atoms with Gasteiger partial charge in [-0.1, -0.05) is 30.3 Å². The molecule has 1 unspecified atom stereocenters. The molecule has 2 heteroatoms. The lowest BCUT2D eigenvalue weighted by atomic mass is 10.1. The first kappa shape index (κ1) is 13.2. The topological polar surface area (TPSA) is 32.3 Å². The summed E-state index contributed by atoms with van der Waals surface area (Å²) in [6, 6.07) is 11.1. The van der Waals surface area contributed by atoms with Gasteiger partial charge in [0.1, 0.15) is 0 Å². The zero-order valence-corrected chi connectivity index (χ0v) is 10.2. The summed E-state index contributed by atoms with van der Waals surface area (Å²) in [6.45, 7) is 3.54. The molecular formula is C14H23NO. The van der Waals surface area contributed by atoms with Crippen LogP contribution < -0.4 is 5.32 Å². The Hall–Kier alpha value is -0.860. The highest BCUT2D eigenvalue weighted by Crippen LogP contribution is 2.02. The van der Waals surface area contributed by atoms with E-state index in [0.717, 1.165) is 25.8 Å². The van der Waals surface area contributed by atoms with E-state index < -0.39 is 0 Å². The predicted octanol–water partition coefficient (Wildman–Crippen LogP) is 2.37. The second-order valence-electron chi connectivity index (χ2n) is 4.31. The highest BCUT2D eigenvalue weighted by molar-refractivity contribution is 5.14. The van der Waals surface area contributed by atoms with Crippen molar-refractivity contribution >= 4 is 0 Å². The fourth-order valence-electron chi connectivity index (χ4n) is 1.79. The molecule has 1 aromatic carbocycles. The highest BCUT2D eigenvalue weighted by Gasteiger charge is 1.99. The van der Waals surface area contributed by atoms with Crippen molar-refractivity contribution in [3.63, 3.8) is 0 Å². The molecule has 0 aliphatic carbocycles. The summed E-state index contributed by atoms with van der Waals surface area (Å²) in [5.74, 6) is 0. The van der Waals surface area contributed by atoms with Crippen LogP contribution in [0.5, 0.6) is 0 Å². The largest absolute Gasteiger partial charge is 0.396 e. The van der Waals surface area contributed by atoms with Crippen molar-refractivity contribution < 1.29 is 5.11 Å². The van der Waals surface area contributed by atoms with Gasteiger partial charge in [0.2, 0.25) is 0 Å². The lowest BCUT2D eigenvalue weighted by Crippen LogP contribution is -2.27. The van der Waals surface area contributed by atoms with E-state index in [4.69, 9.17) is 5.11 Å². The zero-order chi connectivity index (χ0) is 11.6. The molecule has 0 amide bonds. The molecule has 0 bridgehead atoms. The Balaban J connectivity index is 2.03. The Labute approximate surface area is 98.7 Å². The maximum atomic E-state index is 8.71. The van der Waals surface area contributed by atoms with Gasteiger partial charge in [0.05, 0.1) is 0 Å². The first-order chi connectivity index (χ1) is 7.83. The molecule has 0 aliphatic heterocycles. The number of hydrogen-bond donors (Lipinski definition) is 2. The lowest BCUT2D eigenvalue weighted by molar-refractivity contribution is 0.276. The van der Waals surface area contributed by atoms with E-state index in [1.165, 1.54) is 12.0 Å². The molecule has 1 rings (SSSR count). The average molecular weight is 221 g/mol. The van der Waals surface area contributed by atoms with E-state index >= 15 is 0 Å². The summed E-state index contributed by atoms with van der Waals surface area (Å²) in [4.78, 5) is 0. The van der Waals surface area contributed by atoms with Crippen LogP contribution in [-0.2, 0) is 6.42 Å². The molecule has 0 aliphatic rings. The third-order valence-electron chi connectivity index (χ3n) is 2.77. The van der Waals surface area contributed by atoms with Crippen LogP contribution in [0.3, 0.4) is 0 Å². The average Bonchev–Trinajstić information content (AvgIpc) is 2.33. The van der Waals surface area contributed by atoms with E-state index in [-0.39, 0.29) is 0 Å². The Morgan fingerprint density at radius 2 is 1.94 bits per heavy atom. The molecule has 0 aromatic heterocycles. The Kier molecular flexibility index (Phi) is 6.86. The summed E-state index contributed by atoms with van der Waals surface area (Å²) in [5.41, 5.74) is 1.41. The first-order valence-electron chi connectivity index (χ1n) is 6.21. The van der Waals surface area contributed by atoms with Gasteiger partial charge in [-0.25, -0.2) is 0 Å². The molecule has 1 aromatic rings. The van der Waals surface area contributed by atoms with Crippen molar-refractivity contribution in [1.82, 2.24) is 5.32 Å². The van der Waals surface area contributed by atoms with E-state index in [9.17, 15) is 0 Å². The van der Waals surface area contributed by atoms with Gasteiger partial charge in [-0.15, -0.1) is 0 Å². The molecule has 0 saturated carbocycles. The van der Waals surface area contributed by atoms with Crippen LogP contribution in [0, 0.1) is 0 Å². The third kappa shape index (κ3) is 5.89. The summed E-state index contributed by atoms with van der Waals surface area (Å²) >= 11 is 0. The fourth-order valence-corrected chi connectivity index (χ4v) is 1.79. The monoisotopic (exact) mass is 221 g/mol. The molecule has 0 spiro atoms. The molecular weight excluding hydrogens is 198 g/mol. The zero-order valence-electron chi connectivity index (χ0n) is 10.2. The summed E-state index contributed by atoms with van der Waals surface area (Å²) in [5, 5.41) is 12.2. The molecule has 90 valence electrons. The second kappa shape index (κ2) is 8.31. The number of aliphatic hydroxyl groups is 1. The standard InChI is InChI=1S/C14H23NO/c1-13(7-6-12-16)15-11-5-10-14-8-3-2-4-9-14/h2-4,8-9,13,15-16H,5-7,10-12H2,1H3. The van der Waals surface area contributed by atoms with Gasteiger partial charge < -0.3 is 10.4 Å². The van der Waals surface area contributed by atoms with Gasteiger partial charge in [-0.3, -0.25) is 0 Å². The van der Waals surface area contributed by atoms with E-state index in [2.05, 4.69) is 42.6 Å². The Bertz CT molecular complexity index is 261. The van der Waals surface area contributed by atoms with Crippen molar-refractivity contribution in [3.05, 3.63) is 35.9 Å². The van der Waals surface area contributed by atoms with Crippen molar-refractivity contribution in [2.24, 2.45) is 0 Å². The van der Waals surface area contributed by atoms with Crippen LogP contribution in [0.2, 0.25) is 0 Å². The van der Waals surface area contributed by atoms with Gasteiger partial charge in [-0.05, 0) is 44.7 Å². The summed E-state index contributed by atoms with van der Waals surface area (Å²) in [7, 11) is 0. The number of aliphatic hydroxyl groups excluding tert-OH is 1. The van der Waals surface area contributed by atoms with Crippen LogP contribution in [-0.4, -0.2) is 24.3 Å². The minimum Gasteiger partial charge on any atom is -0.396 e. The van der Waals surface area contributed by atoms with Crippen LogP contribution in [0.15, 0.2) is 30.3 Å². The number of rotatable bonds is 8. The van der Waals surface area contributed by atoms with Crippen LogP contribution in [0.1, 0.15) is 31.7 Å². The molecule has 0 fully saturated rings. The van der Waals surface area contributed by atoms with Gasteiger partial charge in [0, 0.05) is 12.6 Å². The summed E-state index contributed by atoms with van der Waals surface area (Å²) < 4.78 is 0.